The van der Waals surface area contributed by atoms with E-state index in [0.29, 0.717) is 15.6 Å². The summed E-state index contributed by atoms with van der Waals surface area (Å²) in [5, 5.41) is 14.7. The van der Waals surface area contributed by atoms with Gasteiger partial charge in [-0.15, -0.1) is 0 Å². The Hall–Kier alpha value is -3.85. The molecule has 1 N–H and O–H groups in total. The molecule has 0 aromatic heterocycles. The molecule has 3 rings (SSSR count). The van der Waals surface area contributed by atoms with Gasteiger partial charge in [0.05, 0.1) is 16.7 Å². The molecule has 0 saturated carbocycles. The van der Waals surface area contributed by atoms with Crippen LogP contribution in [-0.4, -0.2) is 23.0 Å². The van der Waals surface area contributed by atoms with Crippen LogP contribution in [0.5, 0.6) is 5.75 Å². The summed E-state index contributed by atoms with van der Waals surface area (Å²) >= 11 is 3.34. The molecule has 1 amide bonds. The highest BCUT2D eigenvalue weighted by Gasteiger charge is 2.13. The number of halogens is 1. The Morgan fingerprint density at radius 3 is 2.55 bits per heavy atom. The number of hydrogen-bond donors (Lipinski definition) is 1. The number of benzene rings is 3. The van der Waals surface area contributed by atoms with E-state index in [1.54, 1.807) is 36.4 Å². The first-order valence-electron chi connectivity index (χ1n) is 9.00. The zero-order chi connectivity index (χ0) is 22.4. The number of nitrogens with one attached hydrogen (secondary N) is 1. The first-order valence-corrected chi connectivity index (χ1v) is 9.79. The highest BCUT2D eigenvalue weighted by atomic mass is 79.9. The molecule has 0 fully saturated rings. The Balaban J connectivity index is 1.75. The van der Waals surface area contributed by atoms with Crippen molar-refractivity contribution in [3.8, 4) is 5.75 Å². The van der Waals surface area contributed by atoms with Crippen LogP contribution >= 0.6 is 15.9 Å². The number of hydrogen-bond acceptors (Lipinski definition) is 6. The van der Waals surface area contributed by atoms with Crippen LogP contribution in [0.25, 0.3) is 0 Å². The number of hydrazone groups is 1. The Labute approximate surface area is 185 Å². The van der Waals surface area contributed by atoms with Gasteiger partial charge >= 0.3 is 5.97 Å². The lowest BCUT2D eigenvalue weighted by Gasteiger charge is -2.08. The van der Waals surface area contributed by atoms with Gasteiger partial charge in [0, 0.05) is 27.7 Å². The lowest BCUT2D eigenvalue weighted by atomic mass is 10.1. The van der Waals surface area contributed by atoms with Crippen LogP contribution in [0, 0.1) is 17.0 Å². The van der Waals surface area contributed by atoms with E-state index in [0.717, 1.165) is 11.6 Å². The third kappa shape index (κ3) is 5.83. The minimum absolute atomic E-state index is 0.0895. The second kappa shape index (κ2) is 9.77. The van der Waals surface area contributed by atoms with Crippen LogP contribution in [0.3, 0.4) is 0 Å². The summed E-state index contributed by atoms with van der Waals surface area (Å²) in [6.45, 7) is 1.87. The third-order valence-corrected chi connectivity index (χ3v) is 4.61. The molecule has 0 spiro atoms. The highest BCUT2D eigenvalue weighted by molar-refractivity contribution is 9.10. The third-order valence-electron chi connectivity index (χ3n) is 4.12. The molecular weight excluding hydrogens is 466 g/mol. The smallest absolute Gasteiger partial charge is 0.343 e. The van der Waals surface area contributed by atoms with Crippen LogP contribution in [0.4, 0.5) is 5.69 Å². The van der Waals surface area contributed by atoms with Crippen molar-refractivity contribution in [3.63, 3.8) is 0 Å². The zero-order valence-corrected chi connectivity index (χ0v) is 17.8. The molecule has 3 aromatic carbocycles. The zero-order valence-electron chi connectivity index (χ0n) is 16.2. The second-order valence-corrected chi connectivity index (χ2v) is 7.36. The van der Waals surface area contributed by atoms with Gasteiger partial charge in [0.25, 0.3) is 11.6 Å². The number of nitro groups is 1. The number of rotatable bonds is 6. The Morgan fingerprint density at radius 2 is 1.81 bits per heavy atom. The number of aryl methyl sites for hydroxylation is 1. The number of nitro benzene ring substituents is 1. The van der Waals surface area contributed by atoms with Crippen molar-refractivity contribution in [2.75, 3.05) is 0 Å². The first kappa shape index (κ1) is 21.8. The molecule has 0 aliphatic rings. The van der Waals surface area contributed by atoms with Gasteiger partial charge in [-0.3, -0.25) is 14.9 Å². The predicted octanol–water partition coefficient (Wildman–Crippen LogP) is 4.65. The summed E-state index contributed by atoms with van der Waals surface area (Å²) in [5.41, 5.74) is 3.97. The van der Waals surface area contributed by atoms with Crippen molar-refractivity contribution in [2.45, 2.75) is 6.92 Å². The molecule has 31 heavy (non-hydrogen) atoms. The molecule has 0 radical (unpaired) electrons. The van der Waals surface area contributed by atoms with E-state index in [-0.39, 0.29) is 17.0 Å². The molecular formula is C22H16BrN3O5. The summed E-state index contributed by atoms with van der Waals surface area (Å²) in [4.78, 5) is 34.9. The van der Waals surface area contributed by atoms with Gasteiger partial charge in [0.1, 0.15) is 5.75 Å². The molecule has 9 heteroatoms. The molecule has 0 saturated heterocycles. The van der Waals surface area contributed by atoms with Crippen molar-refractivity contribution in [2.24, 2.45) is 5.10 Å². The molecule has 0 aliphatic heterocycles. The van der Waals surface area contributed by atoms with Crippen molar-refractivity contribution in [1.29, 1.82) is 0 Å². The van der Waals surface area contributed by atoms with Crippen molar-refractivity contribution < 1.29 is 19.2 Å². The van der Waals surface area contributed by atoms with Crippen LogP contribution < -0.4 is 10.2 Å². The van der Waals surface area contributed by atoms with Crippen molar-refractivity contribution in [3.05, 3.63) is 104 Å². The molecule has 0 bridgehead atoms. The number of amides is 1. The number of non-ortho nitro benzene ring substituents is 1. The SMILES string of the molecule is Cc1cccc(C(=O)Oc2ccc(Br)cc2/C=N/NC(=O)c2cccc([N+](=O)[O-])c2)c1. The Morgan fingerprint density at radius 1 is 1.06 bits per heavy atom. The second-order valence-electron chi connectivity index (χ2n) is 6.45. The minimum atomic E-state index is -0.617. The van der Waals surface area contributed by atoms with E-state index in [1.165, 1.54) is 24.4 Å². The van der Waals surface area contributed by atoms with Crippen LogP contribution in [-0.2, 0) is 0 Å². The van der Waals surface area contributed by atoms with E-state index in [9.17, 15) is 19.7 Å². The average Bonchev–Trinajstić information content (AvgIpc) is 2.75. The fourth-order valence-corrected chi connectivity index (χ4v) is 3.01. The Bertz CT molecular complexity index is 1190. The monoisotopic (exact) mass is 481 g/mol. The lowest BCUT2D eigenvalue weighted by Crippen LogP contribution is -2.18. The topological polar surface area (TPSA) is 111 Å². The predicted molar refractivity (Wildman–Crippen MR) is 118 cm³/mol. The van der Waals surface area contributed by atoms with E-state index < -0.39 is 16.8 Å². The summed E-state index contributed by atoms with van der Waals surface area (Å²) in [6.07, 6.45) is 1.32. The lowest BCUT2D eigenvalue weighted by molar-refractivity contribution is -0.384. The van der Waals surface area contributed by atoms with Gasteiger partial charge in [-0.05, 0) is 43.3 Å². The van der Waals surface area contributed by atoms with Crippen molar-refractivity contribution in [1.82, 2.24) is 5.43 Å². The first-order chi connectivity index (χ1) is 14.8. The largest absolute Gasteiger partial charge is 0.422 e. The average molecular weight is 482 g/mol. The normalized spacial score (nSPS) is 10.6. The summed E-state index contributed by atoms with van der Waals surface area (Å²) in [5.74, 6) is -0.891. The summed E-state index contributed by atoms with van der Waals surface area (Å²) in [7, 11) is 0. The number of esters is 1. The van der Waals surface area contributed by atoms with Crippen LogP contribution in [0.2, 0.25) is 0 Å². The molecule has 0 atom stereocenters. The number of ether oxygens (including phenoxy) is 1. The summed E-state index contributed by atoms with van der Waals surface area (Å²) < 4.78 is 6.20. The fraction of sp³-hybridized carbons (Fsp3) is 0.0455. The number of nitrogens with zero attached hydrogens (tertiary/aromatic N) is 2. The fourth-order valence-electron chi connectivity index (χ4n) is 2.63. The maximum Gasteiger partial charge on any atom is 0.343 e. The quantitative estimate of drug-likeness (QED) is 0.181. The molecule has 3 aromatic rings. The van der Waals surface area contributed by atoms with E-state index >= 15 is 0 Å². The standard InChI is InChI=1S/C22H16BrN3O5/c1-14-4-2-6-16(10-14)22(28)31-20-9-8-18(23)11-17(20)13-24-25-21(27)15-5-3-7-19(12-15)26(29)30/h2-13H,1H3,(H,25,27)/b24-13+. The van der Waals surface area contributed by atoms with Gasteiger partial charge in [-0.25, -0.2) is 10.2 Å². The summed E-state index contributed by atoms with van der Waals surface area (Å²) in [6, 6.07) is 17.3. The number of carbonyl (C=O) groups excluding carboxylic acids is 2. The van der Waals surface area contributed by atoms with E-state index in [2.05, 4.69) is 26.5 Å². The molecule has 0 heterocycles. The Kier molecular flexibility index (Phi) is 6.88. The minimum Gasteiger partial charge on any atom is -0.422 e. The van der Waals surface area contributed by atoms with Gasteiger partial charge in [-0.2, -0.15) is 5.10 Å². The van der Waals surface area contributed by atoms with Crippen molar-refractivity contribution >= 4 is 39.7 Å². The number of carbonyl (C=O) groups is 2. The van der Waals surface area contributed by atoms with Gasteiger partial charge in [0.2, 0.25) is 0 Å². The maximum atomic E-state index is 12.5. The van der Waals surface area contributed by atoms with Crippen LogP contribution in [0.15, 0.2) is 76.3 Å². The van der Waals surface area contributed by atoms with Crippen LogP contribution in [0.1, 0.15) is 31.8 Å². The van der Waals surface area contributed by atoms with Gasteiger partial charge in [0.15, 0.2) is 0 Å². The molecule has 8 nitrogen and oxygen atoms in total. The molecule has 156 valence electrons. The van der Waals surface area contributed by atoms with E-state index in [1.807, 2.05) is 13.0 Å². The van der Waals surface area contributed by atoms with Gasteiger partial charge in [-0.1, -0.05) is 39.7 Å². The molecule has 0 aliphatic carbocycles. The van der Waals surface area contributed by atoms with Gasteiger partial charge < -0.3 is 4.74 Å². The molecule has 0 unspecified atom stereocenters. The maximum absolute atomic E-state index is 12.5. The van der Waals surface area contributed by atoms with E-state index in [4.69, 9.17) is 4.74 Å². The highest BCUT2D eigenvalue weighted by Crippen LogP contribution is 2.23.